The molecule has 1 aliphatic heterocycles. The van der Waals surface area contributed by atoms with Crippen LogP contribution in [0.5, 0.6) is 5.75 Å². The highest BCUT2D eigenvalue weighted by molar-refractivity contribution is 5.76. The smallest absolute Gasteiger partial charge is 0.220 e. The van der Waals surface area contributed by atoms with Gasteiger partial charge < -0.3 is 15.7 Å². The van der Waals surface area contributed by atoms with Crippen molar-refractivity contribution in [2.45, 2.75) is 19.4 Å². The first-order chi connectivity index (χ1) is 8.24. The highest BCUT2D eigenvalue weighted by atomic mass is 16.3. The second-order valence-corrected chi connectivity index (χ2v) is 4.51. The number of benzene rings is 1. The Morgan fingerprint density at radius 1 is 1.53 bits per heavy atom. The predicted octanol–water partition coefficient (Wildman–Crippen LogP) is 1.01. The van der Waals surface area contributed by atoms with E-state index in [0.717, 1.165) is 25.1 Å². The molecule has 0 aliphatic carbocycles. The highest BCUT2D eigenvalue weighted by Crippen LogP contribution is 2.13. The molecule has 1 aliphatic rings. The van der Waals surface area contributed by atoms with Gasteiger partial charge in [0.05, 0.1) is 0 Å². The number of phenolic OH excluding ortho intramolecular Hbond substituents is 1. The van der Waals surface area contributed by atoms with Crippen molar-refractivity contribution in [1.29, 1.82) is 0 Å². The minimum atomic E-state index is 0.0852. The second-order valence-electron chi connectivity index (χ2n) is 4.51. The van der Waals surface area contributed by atoms with E-state index in [2.05, 4.69) is 10.6 Å². The maximum Gasteiger partial charge on any atom is 0.220 e. The molecule has 3 N–H and O–H groups in total. The Bertz CT molecular complexity index is 387. The molecule has 1 amide bonds. The van der Waals surface area contributed by atoms with Crippen LogP contribution in [0.4, 0.5) is 0 Å². The van der Waals surface area contributed by atoms with Crippen LogP contribution in [-0.4, -0.2) is 24.1 Å². The Morgan fingerprint density at radius 3 is 3.12 bits per heavy atom. The molecule has 2 rings (SSSR count). The molecule has 0 saturated carbocycles. The molecule has 1 aromatic rings. The molecule has 1 fully saturated rings. The standard InChI is InChI=1S/C13H18N2O2/c16-12-3-1-2-10(6-12)9-15-13(17)7-11-4-5-14-8-11/h1-3,6,11,14,16H,4-5,7-9H2,(H,15,17)/t11-/m0/s1. The molecule has 1 atom stereocenters. The lowest BCUT2D eigenvalue weighted by molar-refractivity contribution is -0.122. The van der Waals surface area contributed by atoms with Crippen molar-refractivity contribution in [1.82, 2.24) is 10.6 Å². The van der Waals surface area contributed by atoms with E-state index in [9.17, 15) is 9.90 Å². The SMILES string of the molecule is O=C(C[C@@H]1CCNC1)NCc1cccc(O)c1. The van der Waals surface area contributed by atoms with Gasteiger partial charge in [-0.3, -0.25) is 4.79 Å². The molecule has 1 heterocycles. The zero-order valence-electron chi connectivity index (χ0n) is 9.78. The maximum atomic E-state index is 11.7. The molecular formula is C13H18N2O2. The lowest BCUT2D eigenvalue weighted by Crippen LogP contribution is -2.25. The van der Waals surface area contributed by atoms with Gasteiger partial charge in [0.25, 0.3) is 0 Å². The van der Waals surface area contributed by atoms with Gasteiger partial charge in [-0.15, -0.1) is 0 Å². The van der Waals surface area contributed by atoms with Crippen LogP contribution in [0.15, 0.2) is 24.3 Å². The zero-order valence-corrected chi connectivity index (χ0v) is 9.78. The average Bonchev–Trinajstić information content (AvgIpc) is 2.79. The van der Waals surface area contributed by atoms with E-state index in [1.165, 1.54) is 0 Å². The van der Waals surface area contributed by atoms with Crippen LogP contribution < -0.4 is 10.6 Å². The molecule has 92 valence electrons. The van der Waals surface area contributed by atoms with Crippen molar-refractivity contribution in [3.8, 4) is 5.75 Å². The number of aromatic hydroxyl groups is 1. The van der Waals surface area contributed by atoms with Gasteiger partial charge in [-0.05, 0) is 43.1 Å². The molecule has 0 aromatic heterocycles. The lowest BCUT2D eigenvalue weighted by Gasteiger charge is -2.09. The third kappa shape index (κ3) is 3.75. The molecule has 0 unspecified atom stereocenters. The first-order valence-corrected chi connectivity index (χ1v) is 5.99. The largest absolute Gasteiger partial charge is 0.508 e. The third-order valence-corrected chi connectivity index (χ3v) is 3.04. The van der Waals surface area contributed by atoms with Gasteiger partial charge in [0, 0.05) is 13.0 Å². The summed E-state index contributed by atoms with van der Waals surface area (Å²) in [6.45, 7) is 2.44. The summed E-state index contributed by atoms with van der Waals surface area (Å²) in [5, 5.41) is 15.4. The van der Waals surface area contributed by atoms with Crippen LogP contribution >= 0.6 is 0 Å². The average molecular weight is 234 g/mol. The summed E-state index contributed by atoms with van der Waals surface area (Å²) >= 11 is 0. The molecule has 0 spiro atoms. The van der Waals surface area contributed by atoms with Crippen molar-refractivity contribution in [2.75, 3.05) is 13.1 Å². The van der Waals surface area contributed by atoms with Gasteiger partial charge >= 0.3 is 0 Å². The summed E-state index contributed by atoms with van der Waals surface area (Å²) in [6, 6.07) is 6.95. The van der Waals surface area contributed by atoms with E-state index in [1.54, 1.807) is 18.2 Å². The Kier molecular flexibility index (Phi) is 3.98. The van der Waals surface area contributed by atoms with Crippen molar-refractivity contribution < 1.29 is 9.90 Å². The maximum absolute atomic E-state index is 11.7. The Balaban J connectivity index is 1.75. The zero-order chi connectivity index (χ0) is 12.1. The fourth-order valence-corrected chi connectivity index (χ4v) is 2.09. The molecule has 1 saturated heterocycles. The summed E-state index contributed by atoms with van der Waals surface area (Å²) in [5.41, 5.74) is 0.919. The number of rotatable bonds is 4. The number of hydrogen-bond donors (Lipinski definition) is 3. The third-order valence-electron chi connectivity index (χ3n) is 3.04. The molecule has 0 radical (unpaired) electrons. The van der Waals surface area contributed by atoms with Gasteiger partial charge in [0.15, 0.2) is 0 Å². The number of amides is 1. The van der Waals surface area contributed by atoms with E-state index in [1.807, 2.05) is 6.07 Å². The van der Waals surface area contributed by atoms with Gasteiger partial charge in [0.1, 0.15) is 5.75 Å². The van der Waals surface area contributed by atoms with Crippen LogP contribution in [0.25, 0.3) is 0 Å². The van der Waals surface area contributed by atoms with Crippen LogP contribution in [0.3, 0.4) is 0 Å². The summed E-state index contributed by atoms with van der Waals surface area (Å²) in [6.07, 6.45) is 1.67. The van der Waals surface area contributed by atoms with Gasteiger partial charge in [-0.2, -0.15) is 0 Å². The van der Waals surface area contributed by atoms with Crippen molar-refractivity contribution in [3.05, 3.63) is 29.8 Å². The minimum Gasteiger partial charge on any atom is -0.508 e. The van der Waals surface area contributed by atoms with Crippen molar-refractivity contribution in [3.63, 3.8) is 0 Å². The second kappa shape index (κ2) is 5.68. The molecule has 17 heavy (non-hydrogen) atoms. The van der Waals surface area contributed by atoms with Crippen molar-refractivity contribution in [2.24, 2.45) is 5.92 Å². The number of carbonyl (C=O) groups excluding carboxylic acids is 1. The van der Waals surface area contributed by atoms with Crippen LogP contribution in [0, 0.1) is 5.92 Å². The Labute approximate surface area is 101 Å². The Hall–Kier alpha value is -1.55. The normalized spacial score (nSPS) is 19.2. The monoisotopic (exact) mass is 234 g/mol. The fraction of sp³-hybridized carbons (Fsp3) is 0.462. The lowest BCUT2D eigenvalue weighted by atomic mass is 10.0. The van der Waals surface area contributed by atoms with Gasteiger partial charge in [0.2, 0.25) is 5.91 Å². The van der Waals surface area contributed by atoms with E-state index in [4.69, 9.17) is 0 Å². The molecule has 4 heteroatoms. The first-order valence-electron chi connectivity index (χ1n) is 5.99. The summed E-state index contributed by atoms with van der Waals surface area (Å²) < 4.78 is 0. The number of phenols is 1. The van der Waals surface area contributed by atoms with Crippen molar-refractivity contribution >= 4 is 5.91 Å². The fourth-order valence-electron chi connectivity index (χ4n) is 2.09. The summed E-state index contributed by atoms with van der Waals surface area (Å²) in [7, 11) is 0. The highest BCUT2D eigenvalue weighted by Gasteiger charge is 2.17. The molecular weight excluding hydrogens is 216 g/mol. The number of nitrogens with one attached hydrogen (secondary N) is 2. The van der Waals surface area contributed by atoms with E-state index in [-0.39, 0.29) is 11.7 Å². The molecule has 4 nitrogen and oxygen atoms in total. The van der Waals surface area contributed by atoms with Gasteiger partial charge in [-0.1, -0.05) is 12.1 Å². The molecule has 0 bridgehead atoms. The van der Waals surface area contributed by atoms with E-state index >= 15 is 0 Å². The predicted molar refractivity (Wildman–Crippen MR) is 65.5 cm³/mol. The summed E-state index contributed by atoms with van der Waals surface area (Å²) in [5.74, 6) is 0.790. The van der Waals surface area contributed by atoms with E-state index in [0.29, 0.717) is 18.9 Å². The Morgan fingerprint density at radius 2 is 2.41 bits per heavy atom. The van der Waals surface area contributed by atoms with Crippen LogP contribution in [0.1, 0.15) is 18.4 Å². The van der Waals surface area contributed by atoms with Gasteiger partial charge in [-0.25, -0.2) is 0 Å². The van der Waals surface area contributed by atoms with Crippen LogP contribution in [-0.2, 0) is 11.3 Å². The first kappa shape index (κ1) is 11.9. The topological polar surface area (TPSA) is 61.4 Å². The van der Waals surface area contributed by atoms with Crippen LogP contribution in [0.2, 0.25) is 0 Å². The van der Waals surface area contributed by atoms with E-state index < -0.39 is 0 Å². The summed E-state index contributed by atoms with van der Waals surface area (Å²) in [4.78, 5) is 11.7. The number of carbonyl (C=O) groups is 1. The quantitative estimate of drug-likeness (QED) is 0.728. The number of hydrogen-bond acceptors (Lipinski definition) is 3. The molecule has 1 aromatic carbocycles. The minimum absolute atomic E-state index is 0.0852.